The largest absolute Gasteiger partial charge is 0.442 e. The van der Waals surface area contributed by atoms with Crippen LogP contribution in [0, 0.1) is 0 Å². The molecule has 11 heteroatoms. The summed E-state index contributed by atoms with van der Waals surface area (Å²) in [6.45, 7) is 0.682. The number of carbonyl (C=O) groups is 6. The van der Waals surface area contributed by atoms with Crippen molar-refractivity contribution in [3.8, 4) is 0 Å². The Morgan fingerprint density at radius 3 is 2.38 bits per heavy atom. The highest BCUT2D eigenvalue weighted by Gasteiger charge is 2.47. The monoisotopic (exact) mass is 464 g/mol. The molecule has 2 aromatic rings. The van der Waals surface area contributed by atoms with Crippen LogP contribution in [0.3, 0.4) is 0 Å². The number of carbonyl (C=O) groups excluding carboxylic acids is 6. The summed E-state index contributed by atoms with van der Waals surface area (Å²) in [6.07, 6.45) is 2.69. The fraction of sp³-hybridized carbons (Fsp3) is 0.261. The molecule has 174 valence electrons. The molecule has 1 aromatic heterocycles. The van der Waals surface area contributed by atoms with Crippen molar-refractivity contribution >= 4 is 35.5 Å². The predicted molar refractivity (Wildman–Crippen MR) is 114 cm³/mol. The van der Waals surface area contributed by atoms with E-state index >= 15 is 0 Å². The molecule has 5 amide bonds. The molecule has 11 nitrogen and oxygen atoms in total. The zero-order chi connectivity index (χ0) is 24.4. The topological polar surface area (TPSA) is 143 Å². The molecule has 4 rings (SSSR count). The van der Waals surface area contributed by atoms with Gasteiger partial charge >= 0.3 is 5.97 Å². The number of rotatable bonds is 6. The van der Waals surface area contributed by atoms with Gasteiger partial charge in [0, 0.05) is 18.8 Å². The van der Waals surface area contributed by atoms with Crippen molar-refractivity contribution in [2.24, 2.45) is 0 Å². The minimum Gasteiger partial charge on any atom is -0.442 e. The molecule has 1 N–H and O–H groups in total. The zero-order valence-electron chi connectivity index (χ0n) is 18.1. The van der Waals surface area contributed by atoms with Crippen LogP contribution in [0.25, 0.3) is 0 Å². The molecule has 2 aliphatic heterocycles. The Kier molecular flexibility index (Phi) is 6.17. The molecule has 3 heterocycles. The standard InChI is InChI=1S/C23H20N4O7/c1-13(25-19(29)14-5-4-10-24-11-14)23(33)34-12-26-18(28)9-8-17(22(26)32)27-20(30)15-6-2-3-7-16(15)21(27)31/h2-7,10-11,13,17H,8-9,12H2,1H3,(H,25,29)/t13?,17-/m0/s1. The van der Waals surface area contributed by atoms with E-state index in [1.165, 1.54) is 37.5 Å². The Morgan fingerprint density at radius 2 is 1.76 bits per heavy atom. The fourth-order valence-electron chi connectivity index (χ4n) is 3.78. The first kappa shape index (κ1) is 22.8. The maximum absolute atomic E-state index is 13.0. The van der Waals surface area contributed by atoms with Gasteiger partial charge in [0.1, 0.15) is 12.1 Å². The Labute approximate surface area is 193 Å². The van der Waals surface area contributed by atoms with Gasteiger partial charge in [0.15, 0.2) is 6.73 Å². The second-order valence-electron chi connectivity index (χ2n) is 7.77. The van der Waals surface area contributed by atoms with Crippen LogP contribution in [0.4, 0.5) is 0 Å². The summed E-state index contributed by atoms with van der Waals surface area (Å²) >= 11 is 0. The summed E-state index contributed by atoms with van der Waals surface area (Å²) in [5.74, 6) is -4.06. The van der Waals surface area contributed by atoms with E-state index in [0.717, 1.165) is 4.90 Å². The van der Waals surface area contributed by atoms with E-state index in [4.69, 9.17) is 4.74 Å². The number of hydrogen-bond acceptors (Lipinski definition) is 8. The second-order valence-corrected chi connectivity index (χ2v) is 7.77. The number of amides is 5. The summed E-state index contributed by atoms with van der Waals surface area (Å²) in [6, 6.07) is 7.03. The number of pyridine rings is 1. The van der Waals surface area contributed by atoms with Crippen LogP contribution in [0.2, 0.25) is 0 Å². The average molecular weight is 464 g/mol. The second kappa shape index (κ2) is 9.22. The Hall–Kier alpha value is -4.41. The molecule has 1 fully saturated rings. The van der Waals surface area contributed by atoms with Crippen LogP contribution in [0.5, 0.6) is 0 Å². The Bertz CT molecular complexity index is 1160. The third kappa shape index (κ3) is 4.15. The lowest BCUT2D eigenvalue weighted by Gasteiger charge is -2.34. The molecule has 0 saturated carbocycles. The maximum atomic E-state index is 13.0. The van der Waals surface area contributed by atoms with Crippen molar-refractivity contribution in [2.75, 3.05) is 6.73 Å². The SMILES string of the molecule is CC(NC(=O)c1cccnc1)C(=O)OCN1C(=O)CC[C@H](N2C(=O)c3ccccc3C2=O)C1=O. The van der Waals surface area contributed by atoms with E-state index in [1.807, 2.05) is 0 Å². The van der Waals surface area contributed by atoms with Gasteiger partial charge in [-0.1, -0.05) is 12.1 Å². The van der Waals surface area contributed by atoms with Crippen molar-refractivity contribution in [2.45, 2.75) is 31.8 Å². The van der Waals surface area contributed by atoms with Gasteiger partial charge in [-0.05, 0) is 37.6 Å². The smallest absolute Gasteiger partial charge is 0.330 e. The summed E-state index contributed by atoms with van der Waals surface area (Å²) in [4.78, 5) is 80.7. The molecule has 34 heavy (non-hydrogen) atoms. The third-order valence-electron chi connectivity index (χ3n) is 5.58. The molecule has 0 spiro atoms. The number of benzene rings is 1. The minimum absolute atomic E-state index is 0.0227. The van der Waals surface area contributed by atoms with E-state index in [0.29, 0.717) is 4.90 Å². The number of fused-ring (bicyclic) bond motifs is 1. The molecule has 1 saturated heterocycles. The van der Waals surface area contributed by atoms with Gasteiger partial charge in [0.05, 0.1) is 16.7 Å². The summed E-state index contributed by atoms with van der Waals surface area (Å²) < 4.78 is 5.07. The maximum Gasteiger partial charge on any atom is 0.330 e. The first-order valence-electron chi connectivity index (χ1n) is 10.5. The third-order valence-corrected chi connectivity index (χ3v) is 5.58. The number of aromatic nitrogens is 1. The predicted octanol–water partition coefficient (Wildman–Crippen LogP) is 0.514. The highest BCUT2D eigenvalue weighted by Crippen LogP contribution is 2.29. The quantitative estimate of drug-likeness (QED) is 0.481. The van der Waals surface area contributed by atoms with Gasteiger partial charge in [0.2, 0.25) is 5.91 Å². The van der Waals surface area contributed by atoms with Crippen LogP contribution in [-0.4, -0.2) is 69.1 Å². The molecular weight excluding hydrogens is 444 g/mol. The fourth-order valence-corrected chi connectivity index (χ4v) is 3.78. The number of nitrogens with one attached hydrogen (secondary N) is 1. The Balaban J connectivity index is 1.39. The van der Waals surface area contributed by atoms with Crippen LogP contribution in [0.1, 0.15) is 50.8 Å². The average Bonchev–Trinajstić information content (AvgIpc) is 3.09. The number of piperidine rings is 1. The lowest BCUT2D eigenvalue weighted by atomic mass is 10.0. The number of likely N-dealkylation sites (tertiary alicyclic amines) is 1. The van der Waals surface area contributed by atoms with E-state index in [9.17, 15) is 28.8 Å². The van der Waals surface area contributed by atoms with Crippen molar-refractivity contribution in [1.82, 2.24) is 20.1 Å². The van der Waals surface area contributed by atoms with Crippen LogP contribution in [0.15, 0.2) is 48.8 Å². The first-order chi connectivity index (χ1) is 16.3. The van der Waals surface area contributed by atoms with E-state index in [2.05, 4.69) is 10.3 Å². The van der Waals surface area contributed by atoms with Gasteiger partial charge in [-0.15, -0.1) is 0 Å². The molecule has 0 bridgehead atoms. The van der Waals surface area contributed by atoms with Crippen LogP contribution < -0.4 is 5.32 Å². The van der Waals surface area contributed by atoms with E-state index < -0.39 is 54.3 Å². The highest BCUT2D eigenvalue weighted by molar-refractivity contribution is 6.23. The molecule has 1 unspecified atom stereocenters. The van der Waals surface area contributed by atoms with Crippen molar-refractivity contribution in [3.63, 3.8) is 0 Å². The lowest BCUT2D eigenvalue weighted by molar-refractivity contribution is -0.164. The number of esters is 1. The number of hydrogen-bond donors (Lipinski definition) is 1. The molecule has 2 aliphatic rings. The van der Waals surface area contributed by atoms with Crippen LogP contribution >= 0.6 is 0 Å². The number of ether oxygens (including phenoxy) is 1. The van der Waals surface area contributed by atoms with E-state index in [-0.39, 0.29) is 29.5 Å². The van der Waals surface area contributed by atoms with Gasteiger partial charge in [-0.25, -0.2) is 9.69 Å². The molecule has 0 aliphatic carbocycles. The first-order valence-corrected chi connectivity index (χ1v) is 10.5. The molecule has 0 radical (unpaired) electrons. The number of nitrogens with zero attached hydrogens (tertiary/aromatic N) is 3. The van der Waals surface area contributed by atoms with Gasteiger partial charge in [-0.3, -0.25) is 33.9 Å². The van der Waals surface area contributed by atoms with Crippen molar-refractivity contribution in [3.05, 3.63) is 65.5 Å². The van der Waals surface area contributed by atoms with Crippen molar-refractivity contribution < 1.29 is 33.5 Å². The van der Waals surface area contributed by atoms with Crippen molar-refractivity contribution in [1.29, 1.82) is 0 Å². The summed E-state index contributed by atoms with van der Waals surface area (Å²) in [5, 5.41) is 2.44. The van der Waals surface area contributed by atoms with E-state index in [1.54, 1.807) is 18.2 Å². The number of imide groups is 2. The summed E-state index contributed by atoms with van der Waals surface area (Å²) in [5.41, 5.74) is 0.619. The van der Waals surface area contributed by atoms with Gasteiger partial charge in [0.25, 0.3) is 23.6 Å². The Morgan fingerprint density at radius 1 is 1.09 bits per heavy atom. The molecular formula is C23H20N4O7. The highest BCUT2D eigenvalue weighted by atomic mass is 16.5. The lowest BCUT2D eigenvalue weighted by Crippen LogP contribution is -2.56. The zero-order valence-corrected chi connectivity index (χ0v) is 18.1. The molecule has 1 aromatic carbocycles. The minimum atomic E-state index is -1.19. The summed E-state index contributed by atoms with van der Waals surface area (Å²) in [7, 11) is 0. The van der Waals surface area contributed by atoms with Gasteiger partial charge in [-0.2, -0.15) is 0 Å². The normalized spacial score (nSPS) is 18.6. The molecule has 2 atom stereocenters. The van der Waals surface area contributed by atoms with Crippen LogP contribution in [-0.2, 0) is 19.1 Å². The van der Waals surface area contributed by atoms with Gasteiger partial charge < -0.3 is 10.1 Å².